The van der Waals surface area contributed by atoms with E-state index in [1.165, 1.54) is 21.9 Å². The zero-order chi connectivity index (χ0) is 14.0. The van der Waals surface area contributed by atoms with E-state index in [-0.39, 0.29) is 5.69 Å². The molecule has 0 radical (unpaired) electrons. The van der Waals surface area contributed by atoms with E-state index in [4.69, 9.17) is 0 Å². The van der Waals surface area contributed by atoms with Crippen molar-refractivity contribution in [2.24, 2.45) is 5.10 Å². The number of nitrogens with one attached hydrogen (secondary N) is 1. The van der Waals surface area contributed by atoms with Gasteiger partial charge in [0, 0.05) is 21.4 Å². The molecule has 0 spiro atoms. The summed E-state index contributed by atoms with van der Waals surface area (Å²) < 4.78 is 26.2. The third-order valence-corrected chi connectivity index (χ3v) is 3.67. The third-order valence-electron chi connectivity index (χ3n) is 2.71. The lowest BCUT2D eigenvalue weighted by Gasteiger charge is -2.04. The number of hydrogen-bond donors (Lipinski definition) is 1. The first-order chi connectivity index (χ1) is 8.97. The lowest BCUT2D eigenvalue weighted by Crippen LogP contribution is -2.01. The topological polar surface area (TPSA) is 24.4 Å². The molecule has 5 heteroatoms. The second kappa shape index (κ2) is 5.48. The zero-order valence-corrected chi connectivity index (χ0v) is 11.7. The number of hydrazone groups is 1. The lowest BCUT2D eigenvalue weighted by atomic mass is 10.2. The van der Waals surface area contributed by atoms with Crippen molar-refractivity contribution in [2.45, 2.75) is 20.8 Å². The van der Waals surface area contributed by atoms with E-state index in [0.29, 0.717) is 0 Å². The van der Waals surface area contributed by atoms with E-state index >= 15 is 0 Å². The Hall–Kier alpha value is -1.75. The smallest absolute Gasteiger partial charge is 0.151 e. The van der Waals surface area contributed by atoms with Gasteiger partial charge in [0.2, 0.25) is 0 Å². The van der Waals surface area contributed by atoms with Gasteiger partial charge in [0.25, 0.3) is 0 Å². The number of rotatable bonds is 3. The van der Waals surface area contributed by atoms with Crippen LogP contribution in [-0.2, 0) is 0 Å². The molecule has 2 nitrogen and oxygen atoms in total. The van der Waals surface area contributed by atoms with E-state index in [1.54, 1.807) is 11.3 Å². The van der Waals surface area contributed by atoms with Crippen LogP contribution in [0, 0.1) is 25.5 Å². The highest BCUT2D eigenvalue weighted by Crippen LogP contribution is 2.21. The largest absolute Gasteiger partial charge is 0.275 e. The Kier molecular flexibility index (Phi) is 3.95. The predicted octanol–water partition coefficient (Wildman–Crippen LogP) is 4.48. The zero-order valence-electron chi connectivity index (χ0n) is 10.9. The van der Waals surface area contributed by atoms with Crippen LogP contribution < -0.4 is 5.43 Å². The molecule has 0 aliphatic rings. The Morgan fingerprint density at radius 2 is 1.95 bits per heavy atom. The van der Waals surface area contributed by atoms with Crippen molar-refractivity contribution < 1.29 is 8.78 Å². The van der Waals surface area contributed by atoms with Crippen LogP contribution in [0.2, 0.25) is 0 Å². The van der Waals surface area contributed by atoms with Gasteiger partial charge < -0.3 is 0 Å². The average Bonchev–Trinajstić information content (AvgIpc) is 2.67. The number of nitrogens with zero attached hydrogens (tertiary/aromatic N) is 1. The Balaban J connectivity index is 2.20. The molecule has 0 bridgehead atoms. The number of hydrogen-bond acceptors (Lipinski definition) is 3. The summed E-state index contributed by atoms with van der Waals surface area (Å²) >= 11 is 1.69. The number of benzene rings is 1. The van der Waals surface area contributed by atoms with Crippen molar-refractivity contribution in [3.63, 3.8) is 0 Å². The van der Waals surface area contributed by atoms with E-state index in [1.807, 2.05) is 26.8 Å². The molecule has 0 aliphatic carbocycles. The summed E-state index contributed by atoms with van der Waals surface area (Å²) in [6.07, 6.45) is 0. The summed E-state index contributed by atoms with van der Waals surface area (Å²) in [4.78, 5) is 2.37. The molecular formula is C14H14F2N2S. The number of aryl methyl sites for hydroxylation is 2. The van der Waals surface area contributed by atoms with E-state index in [0.717, 1.165) is 17.3 Å². The van der Waals surface area contributed by atoms with Gasteiger partial charge in [-0.3, -0.25) is 5.43 Å². The molecule has 0 saturated carbocycles. The molecule has 0 saturated heterocycles. The van der Waals surface area contributed by atoms with Gasteiger partial charge in [-0.15, -0.1) is 11.3 Å². The quantitative estimate of drug-likeness (QED) is 0.650. The normalized spacial score (nSPS) is 11.7. The Morgan fingerprint density at radius 3 is 2.53 bits per heavy atom. The van der Waals surface area contributed by atoms with Gasteiger partial charge in [0.05, 0.1) is 11.4 Å². The monoisotopic (exact) mass is 280 g/mol. The van der Waals surface area contributed by atoms with Crippen molar-refractivity contribution in [2.75, 3.05) is 5.43 Å². The molecule has 0 amide bonds. The first-order valence-corrected chi connectivity index (χ1v) is 6.62. The molecule has 0 unspecified atom stereocenters. The molecule has 1 aromatic carbocycles. The van der Waals surface area contributed by atoms with Crippen LogP contribution in [0.3, 0.4) is 0 Å². The highest BCUT2D eigenvalue weighted by Gasteiger charge is 2.07. The second-order valence-corrected chi connectivity index (χ2v) is 5.72. The SMILES string of the molecule is C/C(=N/Nc1ccc(F)cc1F)c1cc(C)sc1C. The van der Waals surface area contributed by atoms with Crippen molar-refractivity contribution in [3.05, 3.63) is 51.2 Å². The Bertz CT molecular complexity index is 632. The van der Waals surface area contributed by atoms with Gasteiger partial charge in [-0.1, -0.05) is 0 Å². The van der Waals surface area contributed by atoms with Crippen LogP contribution >= 0.6 is 11.3 Å². The fourth-order valence-electron chi connectivity index (χ4n) is 1.77. The van der Waals surface area contributed by atoms with E-state index in [9.17, 15) is 8.78 Å². The van der Waals surface area contributed by atoms with Crippen LogP contribution in [0.1, 0.15) is 22.2 Å². The summed E-state index contributed by atoms with van der Waals surface area (Å²) in [5.74, 6) is -1.26. The van der Waals surface area contributed by atoms with Crippen LogP contribution in [0.15, 0.2) is 29.4 Å². The molecule has 100 valence electrons. The maximum atomic E-state index is 13.4. The van der Waals surface area contributed by atoms with Gasteiger partial charge in [-0.2, -0.15) is 5.10 Å². The number of halogens is 2. The summed E-state index contributed by atoms with van der Waals surface area (Å²) in [5.41, 5.74) is 4.59. The molecule has 1 aromatic heterocycles. The fourth-order valence-corrected chi connectivity index (χ4v) is 2.75. The van der Waals surface area contributed by atoms with E-state index < -0.39 is 11.6 Å². The first kappa shape index (κ1) is 13.7. The van der Waals surface area contributed by atoms with Crippen molar-refractivity contribution in [3.8, 4) is 0 Å². The minimum absolute atomic E-state index is 0.158. The molecule has 0 aliphatic heterocycles. The Morgan fingerprint density at radius 1 is 1.21 bits per heavy atom. The van der Waals surface area contributed by atoms with E-state index in [2.05, 4.69) is 10.5 Å². The second-order valence-electron chi connectivity index (χ2n) is 4.26. The van der Waals surface area contributed by atoms with Gasteiger partial charge >= 0.3 is 0 Å². The van der Waals surface area contributed by atoms with Gasteiger partial charge in [-0.25, -0.2) is 8.78 Å². The summed E-state index contributed by atoms with van der Waals surface area (Å²) in [6, 6.07) is 5.39. The van der Waals surface area contributed by atoms with Crippen molar-refractivity contribution >= 4 is 22.7 Å². The maximum Gasteiger partial charge on any atom is 0.151 e. The van der Waals surface area contributed by atoms with Crippen LogP contribution in [-0.4, -0.2) is 5.71 Å². The van der Waals surface area contributed by atoms with Crippen LogP contribution in [0.25, 0.3) is 0 Å². The molecular weight excluding hydrogens is 266 g/mol. The lowest BCUT2D eigenvalue weighted by molar-refractivity contribution is 0.585. The molecule has 0 atom stereocenters. The summed E-state index contributed by atoms with van der Waals surface area (Å²) in [5, 5.41) is 4.14. The third kappa shape index (κ3) is 3.17. The standard InChI is InChI=1S/C14H14F2N2S/c1-8-6-12(10(3)19-8)9(2)17-18-14-5-4-11(15)7-13(14)16/h4-7,18H,1-3H3/b17-9-. The number of thiophene rings is 1. The highest BCUT2D eigenvalue weighted by molar-refractivity contribution is 7.12. The van der Waals surface area contributed by atoms with Crippen LogP contribution in [0.5, 0.6) is 0 Å². The minimum atomic E-state index is -0.658. The first-order valence-electron chi connectivity index (χ1n) is 5.80. The van der Waals surface area contributed by atoms with Crippen molar-refractivity contribution in [1.29, 1.82) is 0 Å². The molecule has 1 heterocycles. The molecule has 1 N–H and O–H groups in total. The molecule has 2 rings (SSSR count). The average molecular weight is 280 g/mol. The summed E-state index contributed by atoms with van der Waals surface area (Å²) in [6.45, 7) is 5.90. The fraction of sp³-hybridized carbons (Fsp3) is 0.214. The van der Waals surface area contributed by atoms with Gasteiger partial charge in [0.1, 0.15) is 5.82 Å². The molecule has 0 fully saturated rings. The minimum Gasteiger partial charge on any atom is -0.275 e. The molecule has 2 aromatic rings. The highest BCUT2D eigenvalue weighted by atomic mass is 32.1. The van der Waals surface area contributed by atoms with Gasteiger partial charge in [0.15, 0.2) is 5.82 Å². The number of anilines is 1. The van der Waals surface area contributed by atoms with Crippen LogP contribution in [0.4, 0.5) is 14.5 Å². The van der Waals surface area contributed by atoms with Gasteiger partial charge in [-0.05, 0) is 39.0 Å². The predicted molar refractivity (Wildman–Crippen MR) is 76.0 cm³/mol. The summed E-state index contributed by atoms with van der Waals surface area (Å²) in [7, 11) is 0. The Labute approximate surface area is 114 Å². The molecule has 19 heavy (non-hydrogen) atoms. The maximum absolute atomic E-state index is 13.4. The van der Waals surface area contributed by atoms with Crippen molar-refractivity contribution in [1.82, 2.24) is 0 Å².